The van der Waals surface area contributed by atoms with E-state index in [2.05, 4.69) is 9.50 Å². The maximum absolute atomic E-state index is 12.2. The van der Waals surface area contributed by atoms with Gasteiger partial charge in [-0.15, -0.1) is 13.2 Å². The second kappa shape index (κ2) is 4.69. The van der Waals surface area contributed by atoms with Crippen molar-refractivity contribution in [3.63, 3.8) is 0 Å². The second-order valence-corrected chi connectivity index (χ2v) is 6.22. The van der Waals surface area contributed by atoms with Gasteiger partial charge in [0.2, 0.25) is 0 Å². The standard InChI is InChI=1S/C9H12F3N3OS/c1-8(2,3)17(16)14-5-7-4-13-15(6-7)9(10,11)12/h4-6H,1-3H3. The van der Waals surface area contributed by atoms with Crippen LogP contribution in [0, 0.1) is 0 Å². The van der Waals surface area contributed by atoms with Gasteiger partial charge in [0.05, 0.1) is 12.4 Å². The minimum atomic E-state index is -4.55. The Labute approximate surface area is 99.8 Å². The molecule has 1 unspecified atom stereocenters. The second-order valence-electron chi connectivity index (χ2n) is 4.28. The third kappa shape index (κ3) is 4.04. The largest absolute Gasteiger partial charge is 0.591 e. The fraction of sp³-hybridized carbons (Fsp3) is 0.556. The first-order valence-corrected chi connectivity index (χ1v) is 5.79. The van der Waals surface area contributed by atoms with Crippen molar-refractivity contribution < 1.29 is 17.7 Å². The average Bonchev–Trinajstić information content (AvgIpc) is 2.59. The smallest absolute Gasteiger partial charge is 0.504 e. The van der Waals surface area contributed by atoms with Crippen LogP contribution in [-0.4, -0.2) is 25.3 Å². The molecule has 4 nitrogen and oxygen atoms in total. The number of hydrogen-bond donors (Lipinski definition) is 0. The van der Waals surface area contributed by atoms with Crippen LogP contribution in [0.2, 0.25) is 0 Å². The van der Waals surface area contributed by atoms with Crippen molar-refractivity contribution in [3.05, 3.63) is 18.0 Å². The van der Waals surface area contributed by atoms with Crippen molar-refractivity contribution in [2.45, 2.75) is 31.8 Å². The van der Waals surface area contributed by atoms with E-state index in [0.29, 0.717) is 0 Å². The summed E-state index contributed by atoms with van der Waals surface area (Å²) >= 11 is -1.50. The normalized spacial score (nSPS) is 15.5. The lowest BCUT2D eigenvalue weighted by atomic mass is 10.3. The van der Waals surface area contributed by atoms with E-state index >= 15 is 0 Å². The van der Waals surface area contributed by atoms with Gasteiger partial charge in [0.1, 0.15) is 16.1 Å². The molecule has 0 bridgehead atoms. The molecule has 96 valence electrons. The predicted octanol–water partition coefficient (Wildman–Crippen LogP) is 2.24. The van der Waals surface area contributed by atoms with Crippen molar-refractivity contribution in [3.8, 4) is 0 Å². The van der Waals surface area contributed by atoms with Crippen LogP contribution >= 0.6 is 0 Å². The van der Waals surface area contributed by atoms with Gasteiger partial charge >= 0.3 is 6.30 Å². The highest BCUT2D eigenvalue weighted by atomic mass is 32.2. The highest BCUT2D eigenvalue weighted by Gasteiger charge is 2.31. The Balaban J connectivity index is 2.77. The van der Waals surface area contributed by atoms with Gasteiger partial charge in [0, 0.05) is 11.8 Å². The summed E-state index contributed by atoms with van der Waals surface area (Å²) in [4.78, 5) is 0. The molecule has 0 fully saturated rings. The molecule has 0 saturated heterocycles. The first kappa shape index (κ1) is 14.0. The number of halogens is 3. The van der Waals surface area contributed by atoms with E-state index in [9.17, 15) is 17.7 Å². The maximum Gasteiger partial charge on any atom is 0.504 e. The van der Waals surface area contributed by atoms with E-state index in [4.69, 9.17) is 0 Å². The Kier molecular flexibility index (Phi) is 3.88. The van der Waals surface area contributed by atoms with Gasteiger partial charge in [-0.2, -0.15) is 9.78 Å². The summed E-state index contributed by atoms with van der Waals surface area (Å²) in [5.41, 5.74) is 0.153. The molecule has 0 radical (unpaired) electrons. The average molecular weight is 267 g/mol. The van der Waals surface area contributed by atoms with Gasteiger partial charge < -0.3 is 4.55 Å². The fourth-order valence-electron chi connectivity index (χ4n) is 0.809. The van der Waals surface area contributed by atoms with Gasteiger partial charge in [-0.25, -0.2) is 0 Å². The third-order valence-electron chi connectivity index (χ3n) is 1.68. The first-order chi connectivity index (χ1) is 7.60. The highest BCUT2D eigenvalue weighted by Crippen LogP contribution is 2.21. The molecule has 0 aliphatic carbocycles. The molecular weight excluding hydrogens is 255 g/mol. The molecule has 8 heteroatoms. The van der Waals surface area contributed by atoms with Gasteiger partial charge in [-0.3, -0.25) is 0 Å². The van der Waals surface area contributed by atoms with Crippen molar-refractivity contribution in [2.75, 3.05) is 0 Å². The minimum Gasteiger partial charge on any atom is -0.591 e. The van der Waals surface area contributed by atoms with Crippen LogP contribution in [0.5, 0.6) is 0 Å². The lowest BCUT2D eigenvalue weighted by molar-refractivity contribution is -0.212. The molecule has 1 aromatic rings. The van der Waals surface area contributed by atoms with Crippen molar-refractivity contribution >= 4 is 17.6 Å². The van der Waals surface area contributed by atoms with E-state index in [-0.39, 0.29) is 10.2 Å². The maximum atomic E-state index is 12.2. The Morgan fingerprint density at radius 3 is 2.41 bits per heavy atom. The molecule has 0 aliphatic rings. The fourth-order valence-corrected chi connectivity index (χ4v) is 1.34. The molecule has 0 aromatic carbocycles. The first-order valence-electron chi connectivity index (χ1n) is 4.68. The summed E-state index contributed by atoms with van der Waals surface area (Å²) in [5, 5.41) is 3.13. The van der Waals surface area contributed by atoms with Crippen LogP contribution in [0.15, 0.2) is 16.8 Å². The monoisotopic (exact) mass is 267 g/mol. The summed E-state index contributed by atoms with van der Waals surface area (Å²) in [5.74, 6) is 0. The van der Waals surface area contributed by atoms with Crippen molar-refractivity contribution in [1.29, 1.82) is 0 Å². The van der Waals surface area contributed by atoms with Crippen LogP contribution in [0.3, 0.4) is 0 Å². The zero-order valence-electron chi connectivity index (χ0n) is 9.52. The zero-order valence-corrected chi connectivity index (χ0v) is 10.3. The zero-order chi connectivity index (χ0) is 13.3. The van der Waals surface area contributed by atoms with E-state index in [1.807, 2.05) is 0 Å². The molecule has 0 amide bonds. The van der Waals surface area contributed by atoms with E-state index in [0.717, 1.165) is 18.6 Å². The topological polar surface area (TPSA) is 53.2 Å². The van der Waals surface area contributed by atoms with Gasteiger partial charge in [0.25, 0.3) is 0 Å². The number of nitrogens with zero attached hydrogens (tertiary/aromatic N) is 3. The van der Waals surface area contributed by atoms with Crippen molar-refractivity contribution in [2.24, 2.45) is 4.40 Å². The minimum absolute atomic E-state index is 0.131. The predicted molar refractivity (Wildman–Crippen MR) is 59.0 cm³/mol. The summed E-state index contributed by atoms with van der Waals surface area (Å²) in [6.45, 7) is 5.17. The van der Waals surface area contributed by atoms with Gasteiger partial charge in [-0.05, 0) is 20.8 Å². The Morgan fingerprint density at radius 2 is 2.00 bits per heavy atom. The van der Waals surface area contributed by atoms with Crippen LogP contribution in [0.25, 0.3) is 0 Å². The molecule has 17 heavy (non-hydrogen) atoms. The lowest BCUT2D eigenvalue weighted by Crippen LogP contribution is -2.25. The van der Waals surface area contributed by atoms with Gasteiger partial charge in [-0.1, -0.05) is 4.40 Å². The molecule has 1 heterocycles. The van der Waals surface area contributed by atoms with Gasteiger partial charge in [0.15, 0.2) is 0 Å². The molecule has 0 N–H and O–H groups in total. The molecule has 0 saturated carbocycles. The van der Waals surface area contributed by atoms with Crippen LogP contribution in [0.4, 0.5) is 13.2 Å². The summed E-state index contributed by atoms with van der Waals surface area (Å²) in [6, 6.07) is 0. The number of aromatic nitrogens is 2. The van der Waals surface area contributed by atoms with Crippen LogP contribution < -0.4 is 0 Å². The molecule has 1 atom stereocenters. The lowest BCUT2D eigenvalue weighted by Gasteiger charge is -2.17. The van der Waals surface area contributed by atoms with Crippen LogP contribution in [-0.2, 0) is 17.7 Å². The molecule has 0 aliphatic heterocycles. The Bertz CT molecular complexity index is 408. The highest BCUT2D eigenvalue weighted by molar-refractivity contribution is 7.91. The summed E-state index contributed by atoms with van der Waals surface area (Å²) < 4.78 is 51.1. The number of rotatable bonds is 2. The van der Waals surface area contributed by atoms with E-state index in [1.54, 1.807) is 20.8 Å². The molecule has 1 rings (SSSR count). The van der Waals surface area contributed by atoms with Crippen LogP contribution in [0.1, 0.15) is 26.3 Å². The third-order valence-corrected chi connectivity index (χ3v) is 3.03. The molecule has 0 spiro atoms. The quantitative estimate of drug-likeness (QED) is 0.609. The Hall–Kier alpha value is -1.02. The van der Waals surface area contributed by atoms with E-state index < -0.39 is 22.4 Å². The summed E-state index contributed by atoms with van der Waals surface area (Å²) in [6.07, 6.45) is -1.63. The molecule has 1 aromatic heterocycles. The van der Waals surface area contributed by atoms with Crippen molar-refractivity contribution in [1.82, 2.24) is 9.78 Å². The Morgan fingerprint density at radius 1 is 1.41 bits per heavy atom. The SMILES string of the molecule is CC(C)(C)[S+]([O-])N=Cc1cnn(C(F)(F)F)c1. The number of hydrogen-bond acceptors (Lipinski definition) is 3. The number of alkyl halides is 3. The summed E-state index contributed by atoms with van der Waals surface area (Å²) in [7, 11) is 0. The van der Waals surface area contributed by atoms with E-state index in [1.165, 1.54) is 0 Å². The molecular formula is C9H12F3N3OS.